The molecule has 0 aliphatic heterocycles. The first kappa shape index (κ1) is 7.67. The second-order valence-corrected chi connectivity index (χ2v) is 2.32. The van der Waals surface area contributed by atoms with Gasteiger partial charge in [-0.1, -0.05) is 0 Å². The van der Waals surface area contributed by atoms with Crippen molar-refractivity contribution in [3.63, 3.8) is 0 Å². The summed E-state index contributed by atoms with van der Waals surface area (Å²) >= 11 is 0. The number of hydrogen-bond donors (Lipinski definition) is 0. The number of pyridine rings is 1. The first-order valence-corrected chi connectivity index (χ1v) is 3.80. The molecule has 0 atom stereocenters. The zero-order valence-corrected chi connectivity index (χ0v) is 6.79. The lowest BCUT2D eigenvalue weighted by atomic mass is 10.5. The van der Waals surface area contributed by atoms with Gasteiger partial charge in [0.15, 0.2) is 0 Å². The quantitative estimate of drug-likeness (QED) is 0.693. The summed E-state index contributed by atoms with van der Waals surface area (Å²) in [5.74, 6) is 0.633. The highest BCUT2D eigenvalue weighted by atomic mass is 16.5. The number of hydrogen-bond acceptors (Lipinski definition) is 4. The van der Waals surface area contributed by atoms with Crippen LogP contribution in [0.5, 0.6) is 11.8 Å². The molecule has 0 spiro atoms. The van der Waals surface area contributed by atoms with E-state index in [0.29, 0.717) is 11.8 Å². The van der Waals surface area contributed by atoms with Crippen molar-refractivity contribution in [3.05, 3.63) is 43.0 Å². The van der Waals surface area contributed by atoms with Gasteiger partial charge in [0.1, 0.15) is 5.75 Å². The SMILES string of the molecule is c1cnc(Oc2cccnc2)nc1. The molecule has 2 aromatic rings. The van der Waals surface area contributed by atoms with Gasteiger partial charge < -0.3 is 4.74 Å². The van der Waals surface area contributed by atoms with Crippen molar-refractivity contribution in [2.24, 2.45) is 0 Å². The normalized spacial score (nSPS) is 9.54. The zero-order valence-electron chi connectivity index (χ0n) is 6.79. The molecule has 0 bridgehead atoms. The second-order valence-electron chi connectivity index (χ2n) is 2.32. The van der Waals surface area contributed by atoms with E-state index in [0.717, 1.165) is 0 Å². The topological polar surface area (TPSA) is 47.9 Å². The molecule has 13 heavy (non-hydrogen) atoms. The highest BCUT2D eigenvalue weighted by Crippen LogP contribution is 2.13. The predicted octanol–water partition coefficient (Wildman–Crippen LogP) is 1.66. The number of nitrogens with zero attached hydrogens (tertiary/aromatic N) is 3. The summed E-state index contributed by atoms with van der Waals surface area (Å²) in [6.45, 7) is 0. The van der Waals surface area contributed by atoms with Crippen LogP contribution in [0.1, 0.15) is 0 Å². The van der Waals surface area contributed by atoms with Crippen LogP contribution in [0, 0.1) is 0 Å². The Morgan fingerprint density at radius 1 is 1.00 bits per heavy atom. The van der Waals surface area contributed by atoms with E-state index in [1.807, 2.05) is 0 Å². The minimum Gasteiger partial charge on any atom is -0.423 e. The van der Waals surface area contributed by atoms with Crippen LogP contribution in [0.4, 0.5) is 0 Å². The molecule has 0 N–H and O–H groups in total. The van der Waals surface area contributed by atoms with E-state index in [1.54, 1.807) is 43.0 Å². The second kappa shape index (κ2) is 3.62. The third-order valence-electron chi connectivity index (χ3n) is 1.39. The Morgan fingerprint density at radius 3 is 2.54 bits per heavy atom. The van der Waals surface area contributed by atoms with Crippen LogP contribution in [0.15, 0.2) is 43.0 Å². The first-order chi connectivity index (χ1) is 6.45. The van der Waals surface area contributed by atoms with E-state index < -0.39 is 0 Å². The van der Waals surface area contributed by atoms with Crippen LogP contribution in [-0.4, -0.2) is 15.0 Å². The highest BCUT2D eigenvalue weighted by Gasteiger charge is 1.96. The van der Waals surface area contributed by atoms with Gasteiger partial charge >= 0.3 is 6.01 Å². The molecule has 0 fully saturated rings. The summed E-state index contributed by atoms with van der Waals surface area (Å²) in [5, 5.41) is 0. The number of rotatable bonds is 2. The summed E-state index contributed by atoms with van der Waals surface area (Å²) in [6.07, 6.45) is 6.53. The van der Waals surface area contributed by atoms with E-state index in [-0.39, 0.29) is 0 Å². The van der Waals surface area contributed by atoms with E-state index in [1.165, 1.54) is 0 Å². The molecule has 0 aliphatic carbocycles. The predicted molar refractivity (Wildman–Crippen MR) is 46.3 cm³/mol. The summed E-state index contributed by atoms with van der Waals surface area (Å²) in [5.41, 5.74) is 0. The molecule has 0 saturated heterocycles. The van der Waals surface area contributed by atoms with Crippen LogP contribution in [0.2, 0.25) is 0 Å². The summed E-state index contributed by atoms with van der Waals surface area (Å²) in [4.78, 5) is 11.7. The Bertz CT molecular complexity index is 326. The van der Waals surface area contributed by atoms with Crippen LogP contribution in [-0.2, 0) is 0 Å². The molecule has 0 aromatic carbocycles. The van der Waals surface area contributed by atoms with Gasteiger partial charge in [0, 0.05) is 18.6 Å². The standard InChI is InChI=1S/C9H7N3O/c1-3-8(7-10-4-1)13-9-11-5-2-6-12-9/h1-7H. The van der Waals surface area contributed by atoms with Gasteiger partial charge in [0.2, 0.25) is 0 Å². The summed E-state index contributed by atoms with van der Waals surface area (Å²) in [6, 6.07) is 5.65. The van der Waals surface area contributed by atoms with Crippen LogP contribution in [0.25, 0.3) is 0 Å². The average Bonchev–Trinajstić information content (AvgIpc) is 2.21. The number of aromatic nitrogens is 3. The van der Waals surface area contributed by atoms with Gasteiger partial charge in [-0.25, -0.2) is 9.97 Å². The smallest absolute Gasteiger partial charge is 0.321 e. The Morgan fingerprint density at radius 2 is 1.85 bits per heavy atom. The van der Waals surface area contributed by atoms with Gasteiger partial charge in [0.25, 0.3) is 0 Å². The molecule has 0 amide bonds. The molecule has 0 unspecified atom stereocenters. The molecule has 0 saturated carbocycles. The lowest BCUT2D eigenvalue weighted by Crippen LogP contribution is -1.89. The lowest BCUT2D eigenvalue weighted by molar-refractivity contribution is 0.440. The Hall–Kier alpha value is -1.97. The molecular weight excluding hydrogens is 166 g/mol. The van der Waals surface area contributed by atoms with Gasteiger partial charge in [-0.3, -0.25) is 4.98 Å². The van der Waals surface area contributed by atoms with Crippen molar-refractivity contribution in [1.82, 2.24) is 15.0 Å². The lowest BCUT2D eigenvalue weighted by Gasteiger charge is -2.00. The van der Waals surface area contributed by atoms with Crippen molar-refractivity contribution in [3.8, 4) is 11.8 Å². The molecule has 2 aromatic heterocycles. The maximum absolute atomic E-state index is 5.29. The van der Waals surface area contributed by atoms with Crippen LogP contribution >= 0.6 is 0 Å². The van der Waals surface area contributed by atoms with E-state index >= 15 is 0 Å². The molecule has 64 valence electrons. The van der Waals surface area contributed by atoms with E-state index in [9.17, 15) is 0 Å². The molecule has 0 aliphatic rings. The van der Waals surface area contributed by atoms with Gasteiger partial charge in [-0.15, -0.1) is 0 Å². The van der Waals surface area contributed by atoms with Gasteiger partial charge in [-0.05, 0) is 18.2 Å². The molecule has 2 heterocycles. The highest BCUT2D eigenvalue weighted by molar-refractivity contribution is 5.19. The summed E-state index contributed by atoms with van der Waals surface area (Å²) in [7, 11) is 0. The maximum atomic E-state index is 5.29. The van der Waals surface area contributed by atoms with Crippen molar-refractivity contribution in [1.29, 1.82) is 0 Å². The fourth-order valence-corrected chi connectivity index (χ4v) is 0.851. The van der Waals surface area contributed by atoms with Crippen LogP contribution < -0.4 is 4.74 Å². The Balaban J connectivity index is 2.16. The third-order valence-corrected chi connectivity index (χ3v) is 1.39. The maximum Gasteiger partial charge on any atom is 0.321 e. The van der Waals surface area contributed by atoms with Crippen molar-refractivity contribution in [2.75, 3.05) is 0 Å². The minimum absolute atomic E-state index is 0.329. The molecule has 0 radical (unpaired) electrons. The fourth-order valence-electron chi connectivity index (χ4n) is 0.851. The summed E-state index contributed by atoms with van der Waals surface area (Å²) < 4.78 is 5.29. The minimum atomic E-state index is 0.329. The monoisotopic (exact) mass is 173 g/mol. The first-order valence-electron chi connectivity index (χ1n) is 3.80. The largest absolute Gasteiger partial charge is 0.423 e. The Labute approximate surface area is 75.3 Å². The van der Waals surface area contributed by atoms with E-state index in [2.05, 4.69) is 15.0 Å². The molecule has 4 heteroatoms. The molecular formula is C9H7N3O. The molecule has 2 rings (SSSR count). The van der Waals surface area contributed by atoms with Gasteiger partial charge in [0.05, 0.1) is 6.20 Å². The number of ether oxygens (including phenoxy) is 1. The molecule has 4 nitrogen and oxygen atoms in total. The van der Waals surface area contributed by atoms with Crippen molar-refractivity contribution in [2.45, 2.75) is 0 Å². The van der Waals surface area contributed by atoms with Crippen LogP contribution in [0.3, 0.4) is 0 Å². The average molecular weight is 173 g/mol. The Kier molecular flexibility index (Phi) is 2.14. The van der Waals surface area contributed by atoms with Crippen molar-refractivity contribution < 1.29 is 4.74 Å². The van der Waals surface area contributed by atoms with Crippen molar-refractivity contribution >= 4 is 0 Å². The van der Waals surface area contributed by atoms with E-state index in [4.69, 9.17) is 4.74 Å². The zero-order chi connectivity index (χ0) is 8.93. The fraction of sp³-hybridized carbons (Fsp3) is 0. The third kappa shape index (κ3) is 1.99. The van der Waals surface area contributed by atoms with Gasteiger partial charge in [-0.2, -0.15) is 0 Å².